The van der Waals surface area contributed by atoms with Crippen molar-refractivity contribution in [3.8, 4) is 0 Å². The van der Waals surface area contributed by atoms with Gasteiger partial charge in [0.15, 0.2) is 0 Å². The second-order valence-corrected chi connectivity index (χ2v) is 6.63. The topological polar surface area (TPSA) is 20.2 Å². The Kier molecular flexibility index (Phi) is 3.93. The van der Waals surface area contributed by atoms with Crippen molar-refractivity contribution in [3.63, 3.8) is 0 Å². The van der Waals surface area contributed by atoms with Crippen molar-refractivity contribution >= 4 is 0 Å². The van der Waals surface area contributed by atoms with Crippen LogP contribution in [0.1, 0.15) is 63.4 Å². The lowest BCUT2D eigenvalue weighted by molar-refractivity contribution is 0.0233. The van der Waals surface area contributed by atoms with Crippen LogP contribution in [0.3, 0.4) is 0 Å². The average Bonchev–Trinajstić information content (AvgIpc) is 2.44. The summed E-state index contributed by atoms with van der Waals surface area (Å²) >= 11 is 0. The van der Waals surface area contributed by atoms with Gasteiger partial charge in [-0.05, 0) is 30.7 Å². The lowest BCUT2D eigenvalue weighted by Crippen LogP contribution is -2.43. The van der Waals surface area contributed by atoms with E-state index >= 15 is 0 Å². The van der Waals surface area contributed by atoms with Gasteiger partial charge in [0, 0.05) is 5.41 Å². The highest BCUT2D eigenvalue weighted by Crippen LogP contribution is 2.45. The largest absolute Gasteiger partial charge is 0.392 e. The molecule has 1 atom stereocenters. The fraction of sp³-hybridized carbons (Fsp3) is 0.667. The van der Waals surface area contributed by atoms with Crippen LogP contribution >= 0.6 is 0 Å². The Morgan fingerprint density at radius 2 is 1.68 bits per heavy atom. The van der Waals surface area contributed by atoms with Crippen LogP contribution in [-0.4, -0.2) is 11.2 Å². The molecule has 0 spiro atoms. The zero-order valence-electron chi connectivity index (χ0n) is 11.9. The van der Waals surface area contributed by atoms with Gasteiger partial charge in [0.25, 0.3) is 0 Å². The van der Waals surface area contributed by atoms with Crippen LogP contribution in [0.15, 0.2) is 30.3 Å². The van der Waals surface area contributed by atoms with Gasteiger partial charge in [-0.25, -0.2) is 0 Å². The lowest BCUT2D eigenvalue weighted by Gasteiger charge is -2.44. The quantitative estimate of drug-likeness (QED) is 0.846. The summed E-state index contributed by atoms with van der Waals surface area (Å²) in [6.07, 6.45) is 11.2. The molecular formula is C18H26O. The van der Waals surface area contributed by atoms with Crippen molar-refractivity contribution in [1.82, 2.24) is 0 Å². The van der Waals surface area contributed by atoms with Crippen molar-refractivity contribution < 1.29 is 5.11 Å². The lowest BCUT2D eigenvalue weighted by atomic mass is 9.63. The van der Waals surface area contributed by atoms with Gasteiger partial charge in [0.2, 0.25) is 0 Å². The number of aliphatic hydroxyl groups is 1. The molecule has 2 aliphatic rings. The van der Waals surface area contributed by atoms with Crippen LogP contribution in [0.2, 0.25) is 0 Å². The third-order valence-corrected chi connectivity index (χ3v) is 5.51. The molecule has 2 fully saturated rings. The average molecular weight is 258 g/mol. The van der Waals surface area contributed by atoms with Gasteiger partial charge in [0.1, 0.15) is 0 Å². The maximum Gasteiger partial charge on any atom is 0.0639 e. The van der Waals surface area contributed by atoms with Crippen molar-refractivity contribution in [3.05, 3.63) is 35.9 Å². The summed E-state index contributed by atoms with van der Waals surface area (Å²) in [6.45, 7) is 0. The second kappa shape index (κ2) is 5.66. The molecule has 0 aromatic heterocycles. The summed E-state index contributed by atoms with van der Waals surface area (Å²) in [7, 11) is 0. The Balaban J connectivity index is 1.82. The minimum Gasteiger partial charge on any atom is -0.392 e. The summed E-state index contributed by atoms with van der Waals surface area (Å²) in [6, 6.07) is 10.8. The molecule has 0 saturated heterocycles. The summed E-state index contributed by atoms with van der Waals surface area (Å²) < 4.78 is 0. The molecule has 0 aliphatic heterocycles. The summed E-state index contributed by atoms with van der Waals surface area (Å²) in [4.78, 5) is 0. The standard InChI is InChI=1S/C18H26O/c19-17(14-15-8-7-9-15)18(12-5-2-6-13-18)16-10-3-1-4-11-16/h1,3-4,10-11,15,17,19H,2,5-9,12-14H2. The molecule has 0 bridgehead atoms. The predicted molar refractivity (Wildman–Crippen MR) is 79.2 cm³/mol. The van der Waals surface area contributed by atoms with E-state index in [0.29, 0.717) is 0 Å². The first-order chi connectivity index (χ1) is 9.31. The van der Waals surface area contributed by atoms with E-state index in [1.54, 1.807) is 0 Å². The molecule has 1 nitrogen and oxygen atoms in total. The van der Waals surface area contributed by atoms with E-state index in [-0.39, 0.29) is 11.5 Å². The van der Waals surface area contributed by atoms with Gasteiger partial charge in [-0.2, -0.15) is 0 Å². The van der Waals surface area contributed by atoms with Crippen LogP contribution in [0.4, 0.5) is 0 Å². The summed E-state index contributed by atoms with van der Waals surface area (Å²) in [5.41, 5.74) is 1.43. The zero-order chi connectivity index (χ0) is 13.1. The van der Waals surface area contributed by atoms with Gasteiger partial charge in [-0.3, -0.25) is 0 Å². The molecular weight excluding hydrogens is 232 g/mol. The highest BCUT2D eigenvalue weighted by Gasteiger charge is 2.41. The van der Waals surface area contributed by atoms with Crippen LogP contribution in [-0.2, 0) is 5.41 Å². The predicted octanol–water partition coefficient (Wildman–Crippen LogP) is 4.44. The Labute approximate surface area is 117 Å². The normalized spacial score (nSPS) is 24.7. The number of benzene rings is 1. The van der Waals surface area contributed by atoms with Gasteiger partial charge in [0.05, 0.1) is 6.10 Å². The molecule has 2 saturated carbocycles. The Morgan fingerprint density at radius 1 is 1.00 bits per heavy atom. The van der Waals surface area contributed by atoms with Crippen LogP contribution in [0, 0.1) is 5.92 Å². The van der Waals surface area contributed by atoms with Gasteiger partial charge < -0.3 is 5.11 Å². The third kappa shape index (κ3) is 2.58. The Morgan fingerprint density at radius 3 is 2.26 bits per heavy atom. The van der Waals surface area contributed by atoms with Crippen molar-refractivity contribution in [2.45, 2.75) is 69.3 Å². The van der Waals surface area contributed by atoms with Crippen molar-refractivity contribution in [2.75, 3.05) is 0 Å². The van der Waals surface area contributed by atoms with E-state index in [2.05, 4.69) is 30.3 Å². The van der Waals surface area contributed by atoms with Gasteiger partial charge >= 0.3 is 0 Å². The molecule has 1 aromatic rings. The molecule has 0 heterocycles. The van der Waals surface area contributed by atoms with Gasteiger partial charge in [-0.1, -0.05) is 68.9 Å². The maximum atomic E-state index is 10.9. The van der Waals surface area contributed by atoms with Crippen LogP contribution in [0.25, 0.3) is 0 Å². The summed E-state index contributed by atoms with van der Waals surface area (Å²) in [5, 5.41) is 10.9. The Bertz CT molecular complexity index is 387. The molecule has 1 heteroatoms. The summed E-state index contributed by atoms with van der Waals surface area (Å²) in [5.74, 6) is 0.789. The number of aliphatic hydroxyl groups excluding tert-OH is 1. The molecule has 104 valence electrons. The monoisotopic (exact) mass is 258 g/mol. The molecule has 1 N–H and O–H groups in total. The van der Waals surface area contributed by atoms with E-state index in [4.69, 9.17) is 0 Å². The smallest absolute Gasteiger partial charge is 0.0639 e. The molecule has 1 aromatic carbocycles. The number of rotatable bonds is 4. The SMILES string of the molecule is OC(CC1CCC1)C1(c2ccccc2)CCCCC1. The van der Waals surface area contributed by atoms with Crippen molar-refractivity contribution in [1.29, 1.82) is 0 Å². The fourth-order valence-corrected chi connectivity index (χ4v) is 4.04. The van der Waals surface area contributed by atoms with Crippen molar-refractivity contribution in [2.24, 2.45) is 5.92 Å². The second-order valence-electron chi connectivity index (χ2n) is 6.63. The first-order valence-electron chi connectivity index (χ1n) is 8.05. The molecule has 19 heavy (non-hydrogen) atoms. The van der Waals surface area contributed by atoms with E-state index in [0.717, 1.165) is 12.3 Å². The highest BCUT2D eigenvalue weighted by atomic mass is 16.3. The highest BCUT2D eigenvalue weighted by molar-refractivity contribution is 5.28. The number of hydrogen-bond donors (Lipinski definition) is 1. The number of hydrogen-bond acceptors (Lipinski definition) is 1. The minimum absolute atomic E-state index is 0.0507. The Hall–Kier alpha value is -0.820. The van der Waals surface area contributed by atoms with Crippen LogP contribution < -0.4 is 0 Å². The van der Waals surface area contributed by atoms with E-state index in [9.17, 15) is 5.11 Å². The maximum absolute atomic E-state index is 10.9. The van der Waals surface area contributed by atoms with Crippen LogP contribution in [0.5, 0.6) is 0 Å². The molecule has 1 unspecified atom stereocenters. The zero-order valence-corrected chi connectivity index (χ0v) is 11.9. The first kappa shape index (κ1) is 13.2. The molecule has 0 radical (unpaired) electrons. The van der Waals surface area contributed by atoms with E-state index in [1.165, 1.54) is 56.9 Å². The van der Waals surface area contributed by atoms with E-state index < -0.39 is 0 Å². The molecule has 2 aliphatic carbocycles. The molecule has 0 amide bonds. The van der Waals surface area contributed by atoms with Gasteiger partial charge in [-0.15, -0.1) is 0 Å². The first-order valence-corrected chi connectivity index (χ1v) is 8.05. The molecule has 3 rings (SSSR count). The fourth-order valence-electron chi connectivity index (χ4n) is 4.04. The minimum atomic E-state index is -0.138. The van der Waals surface area contributed by atoms with E-state index in [1.807, 2.05) is 0 Å². The third-order valence-electron chi connectivity index (χ3n) is 5.51.